The van der Waals surface area contributed by atoms with E-state index in [1.165, 1.54) is 11.4 Å². The monoisotopic (exact) mass is 551 g/mol. The summed E-state index contributed by atoms with van der Waals surface area (Å²) >= 11 is 6.02. The highest BCUT2D eigenvalue weighted by atomic mass is 35.5. The van der Waals surface area contributed by atoms with Gasteiger partial charge in [-0.05, 0) is 63.4 Å². The van der Waals surface area contributed by atoms with Gasteiger partial charge in [0.05, 0.1) is 19.1 Å². The summed E-state index contributed by atoms with van der Waals surface area (Å²) in [7, 11) is -2.15. The summed E-state index contributed by atoms with van der Waals surface area (Å²) in [5, 5.41) is 3.55. The number of sulfonamides is 1. The summed E-state index contributed by atoms with van der Waals surface area (Å²) in [6.45, 7) is 7.85. The van der Waals surface area contributed by atoms with Crippen molar-refractivity contribution in [2.75, 3.05) is 24.2 Å². The molecule has 0 aliphatic carbocycles. The molecule has 0 aromatic heterocycles. The first-order valence-electron chi connectivity index (χ1n) is 12.2. The van der Waals surface area contributed by atoms with Crippen LogP contribution in [0.15, 0.2) is 48.5 Å². The maximum atomic E-state index is 13.5. The second kappa shape index (κ2) is 13.1. The lowest BCUT2D eigenvalue weighted by Gasteiger charge is -2.33. The summed E-state index contributed by atoms with van der Waals surface area (Å²) in [6.07, 6.45) is 1.88. The molecule has 1 unspecified atom stereocenters. The summed E-state index contributed by atoms with van der Waals surface area (Å²) in [5.41, 5.74) is 0.796. The molecule has 0 bridgehead atoms. The molecule has 8 nitrogen and oxygen atoms in total. The molecule has 0 saturated carbocycles. The number of carbonyl (C=O) groups excluding carboxylic acids is 2. The highest BCUT2D eigenvalue weighted by molar-refractivity contribution is 7.92. The first-order chi connectivity index (χ1) is 17.3. The predicted octanol–water partition coefficient (Wildman–Crippen LogP) is 4.62. The standard InChI is InChI=1S/C27H38ClN3O5S/c1-7-22(26(33)29-27(2,3)4)30(19-20-14-16-21(28)17-15-20)25(32)13-10-18-31(37(6,34)35)23-11-8-9-12-24(23)36-5/h8-9,11-12,14-17,22H,7,10,13,18-19H2,1-6H3,(H,29,33). The third-order valence-corrected chi connectivity index (χ3v) is 7.09. The zero-order chi connectivity index (χ0) is 27.8. The van der Waals surface area contributed by atoms with Crippen LogP contribution >= 0.6 is 11.6 Å². The lowest BCUT2D eigenvalue weighted by molar-refractivity contribution is -0.142. The van der Waals surface area contributed by atoms with Crippen molar-refractivity contribution in [3.05, 3.63) is 59.1 Å². The minimum Gasteiger partial charge on any atom is -0.495 e. The number of para-hydroxylation sites is 2. The van der Waals surface area contributed by atoms with Gasteiger partial charge < -0.3 is 15.0 Å². The van der Waals surface area contributed by atoms with Crippen molar-refractivity contribution in [1.82, 2.24) is 10.2 Å². The van der Waals surface area contributed by atoms with Gasteiger partial charge >= 0.3 is 0 Å². The summed E-state index contributed by atoms with van der Waals surface area (Å²) in [6, 6.07) is 13.3. The molecule has 0 saturated heterocycles. The first kappa shape index (κ1) is 30.4. The van der Waals surface area contributed by atoms with Gasteiger partial charge in [-0.2, -0.15) is 0 Å². The smallest absolute Gasteiger partial charge is 0.243 e. The van der Waals surface area contributed by atoms with Crippen molar-refractivity contribution in [1.29, 1.82) is 0 Å². The van der Waals surface area contributed by atoms with Gasteiger partial charge in [0.2, 0.25) is 21.8 Å². The molecule has 0 fully saturated rings. The van der Waals surface area contributed by atoms with Crippen molar-refractivity contribution in [3.8, 4) is 5.75 Å². The van der Waals surface area contributed by atoms with Crippen LogP contribution in [0.1, 0.15) is 52.5 Å². The van der Waals surface area contributed by atoms with E-state index >= 15 is 0 Å². The average molecular weight is 552 g/mol. The number of nitrogens with zero attached hydrogens (tertiary/aromatic N) is 2. The van der Waals surface area contributed by atoms with E-state index in [0.29, 0.717) is 22.9 Å². The van der Waals surface area contributed by atoms with Crippen molar-refractivity contribution in [2.45, 2.75) is 65.1 Å². The van der Waals surface area contributed by atoms with E-state index < -0.39 is 21.6 Å². The van der Waals surface area contributed by atoms with Crippen LogP contribution in [0.5, 0.6) is 5.75 Å². The average Bonchev–Trinajstić information content (AvgIpc) is 2.81. The molecular formula is C27H38ClN3O5S. The third-order valence-electron chi connectivity index (χ3n) is 5.66. The summed E-state index contributed by atoms with van der Waals surface area (Å²) < 4.78 is 31.7. The van der Waals surface area contributed by atoms with Crippen LogP contribution in [-0.2, 0) is 26.2 Å². The van der Waals surface area contributed by atoms with Gasteiger partial charge in [-0.1, -0.05) is 42.8 Å². The zero-order valence-electron chi connectivity index (χ0n) is 22.5. The second-order valence-corrected chi connectivity index (χ2v) is 12.3. The lowest BCUT2D eigenvalue weighted by Crippen LogP contribution is -2.53. The normalized spacial score (nSPS) is 12.5. The van der Waals surface area contributed by atoms with Crippen molar-refractivity contribution >= 4 is 39.1 Å². The van der Waals surface area contributed by atoms with Crippen molar-refractivity contribution in [2.24, 2.45) is 0 Å². The van der Waals surface area contributed by atoms with Gasteiger partial charge in [-0.25, -0.2) is 8.42 Å². The number of nitrogens with one attached hydrogen (secondary N) is 1. The van der Waals surface area contributed by atoms with Crippen LogP contribution in [0.4, 0.5) is 5.69 Å². The van der Waals surface area contributed by atoms with E-state index in [1.54, 1.807) is 41.3 Å². The molecule has 1 N–H and O–H groups in total. The Morgan fingerprint density at radius 3 is 2.24 bits per heavy atom. The van der Waals surface area contributed by atoms with Crippen LogP contribution in [-0.4, -0.2) is 56.6 Å². The Bertz CT molecular complexity index is 1160. The molecule has 0 radical (unpaired) electrons. The fourth-order valence-corrected chi connectivity index (χ4v) is 5.07. The number of methoxy groups -OCH3 is 1. The minimum atomic E-state index is -3.62. The van der Waals surface area contributed by atoms with Crippen LogP contribution in [0.25, 0.3) is 0 Å². The highest BCUT2D eigenvalue weighted by Gasteiger charge is 2.31. The third kappa shape index (κ3) is 9.23. The second-order valence-electron chi connectivity index (χ2n) is 9.92. The number of hydrogen-bond acceptors (Lipinski definition) is 5. The number of rotatable bonds is 12. The topological polar surface area (TPSA) is 96.0 Å². The number of benzene rings is 2. The quantitative estimate of drug-likeness (QED) is 0.415. The Kier molecular flexibility index (Phi) is 10.8. The molecule has 204 valence electrons. The molecular weight excluding hydrogens is 514 g/mol. The summed E-state index contributed by atoms with van der Waals surface area (Å²) in [5.74, 6) is -0.0445. The van der Waals surface area contributed by atoms with E-state index in [0.717, 1.165) is 11.8 Å². The number of carbonyl (C=O) groups is 2. The van der Waals surface area contributed by atoms with Crippen LogP contribution in [0.2, 0.25) is 5.02 Å². The number of ether oxygens (including phenoxy) is 1. The van der Waals surface area contributed by atoms with Crippen molar-refractivity contribution < 1.29 is 22.7 Å². The van der Waals surface area contributed by atoms with Gasteiger partial charge in [0.25, 0.3) is 0 Å². The molecule has 37 heavy (non-hydrogen) atoms. The molecule has 0 heterocycles. The molecule has 2 aromatic rings. The first-order valence-corrected chi connectivity index (χ1v) is 14.5. The van der Waals surface area contributed by atoms with E-state index in [-0.39, 0.29) is 37.7 Å². The van der Waals surface area contributed by atoms with Crippen molar-refractivity contribution in [3.63, 3.8) is 0 Å². The van der Waals surface area contributed by atoms with Crippen LogP contribution < -0.4 is 14.4 Å². The van der Waals surface area contributed by atoms with Crippen LogP contribution in [0, 0.1) is 0 Å². The van der Waals surface area contributed by atoms with Crippen LogP contribution in [0.3, 0.4) is 0 Å². The van der Waals surface area contributed by atoms with Gasteiger partial charge in [0.15, 0.2) is 0 Å². The number of halogens is 1. The molecule has 10 heteroatoms. The van der Waals surface area contributed by atoms with E-state index in [1.807, 2.05) is 39.8 Å². The Morgan fingerprint density at radius 1 is 1.08 bits per heavy atom. The SMILES string of the molecule is CCC(C(=O)NC(C)(C)C)N(Cc1ccc(Cl)cc1)C(=O)CCCN(c1ccccc1OC)S(C)(=O)=O. The van der Waals surface area contributed by atoms with Gasteiger partial charge in [0.1, 0.15) is 11.8 Å². The Labute approximate surface area is 226 Å². The Hall–Kier alpha value is -2.78. The minimum absolute atomic E-state index is 0.0635. The fraction of sp³-hybridized carbons (Fsp3) is 0.481. The molecule has 2 rings (SSSR count). The Morgan fingerprint density at radius 2 is 1.70 bits per heavy atom. The lowest BCUT2D eigenvalue weighted by atomic mass is 10.0. The predicted molar refractivity (Wildman–Crippen MR) is 148 cm³/mol. The van der Waals surface area contributed by atoms with E-state index in [2.05, 4.69) is 5.32 Å². The largest absolute Gasteiger partial charge is 0.495 e. The van der Waals surface area contributed by atoms with Gasteiger partial charge in [0, 0.05) is 30.1 Å². The fourth-order valence-electron chi connectivity index (χ4n) is 3.98. The molecule has 0 aliphatic rings. The number of anilines is 1. The van der Waals surface area contributed by atoms with E-state index in [9.17, 15) is 18.0 Å². The Balaban J connectivity index is 2.26. The molecule has 1 atom stereocenters. The molecule has 0 spiro atoms. The van der Waals surface area contributed by atoms with Gasteiger partial charge in [-0.15, -0.1) is 0 Å². The molecule has 2 amide bonds. The zero-order valence-corrected chi connectivity index (χ0v) is 24.0. The number of amides is 2. The van der Waals surface area contributed by atoms with E-state index in [4.69, 9.17) is 16.3 Å². The molecule has 2 aromatic carbocycles. The van der Waals surface area contributed by atoms with Gasteiger partial charge in [-0.3, -0.25) is 13.9 Å². The number of hydrogen-bond donors (Lipinski definition) is 1. The maximum absolute atomic E-state index is 13.5. The maximum Gasteiger partial charge on any atom is 0.243 e. The summed E-state index contributed by atoms with van der Waals surface area (Å²) in [4.78, 5) is 28.2. The highest BCUT2D eigenvalue weighted by Crippen LogP contribution is 2.30. The molecule has 0 aliphatic heterocycles.